The van der Waals surface area contributed by atoms with Crippen LogP contribution in [0, 0.1) is 28.6 Å². The number of ether oxygens (including phenoxy) is 1. The van der Waals surface area contributed by atoms with Gasteiger partial charge in [-0.25, -0.2) is 0 Å². The Morgan fingerprint density at radius 1 is 1.11 bits per heavy atom. The van der Waals surface area contributed by atoms with Crippen molar-refractivity contribution in [3.05, 3.63) is 11.6 Å². The lowest BCUT2D eigenvalue weighted by Crippen LogP contribution is -2.59. The maximum absolute atomic E-state index is 12.8. The topological polar surface area (TPSA) is 60.4 Å². The number of alkyl halides is 1. The summed E-state index contributed by atoms with van der Waals surface area (Å²) >= 11 is 6.85. The Hall–Kier alpha value is -1.16. The molecule has 0 aliphatic heterocycles. The number of carbonyl (C=O) groups excluding carboxylic acids is 3. The molecule has 0 spiro atoms. The fourth-order valence-corrected chi connectivity index (χ4v) is 8.14. The van der Waals surface area contributed by atoms with E-state index in [1.807, 2.05) is 6.08 Å². The molecule has 4 rings (SSSR count). The Balaban J connectivity index is 1.73. The third-order valence-electron chi connectivity index (χ3n) is 8.94. The largest absolute Gasteiger partial charge is 0.451 e. The maximum Gasteiger partial charge on any atom is 0.303 e. The van der Waals surface area contributed by atoms with Crippen molar-refractivity contribution in [3.63, 3.8) is 0 Å². The summed E-state index contributed by atoms with van der Waals surface area (Å²) in [5.74, 6) is 0.976. The molecule has 4 aliphatic rings. The number of Topliss-reactive ketones (excluding diaryl/α,β-unsaturated/α-hetero) is 1. The zero-order chi connectivity index (χ0) is 20.5. The molecule has 0 aromatic carbocycles. The number of carbonyl (C=O) groups is 3. The fourth-order valence-electron chi connectivity index (χ4n) is 7.62. The van der Waals surface area contributed by atoms with Crippen molar-refractivity contribution >= 4 is 29.1 Å². The third-order valence-corrected chi connectivity index (χ3v) is 9.36. The number of hydrogen-bond acceptors (Lipinski definition) is 4. The van der Waals surface area contributed by atoms with E-state index in [0.29, 0.717) is 30.6 Å². The van der Waals surface area contributed by atoms with Gasteiger partial charge in [-0.15, -0.1) is 11.6 Å². The standard InChI is InChI=1S/C23H31ClO4/c1-13(25)23(28-14(2)26)10-7-18-16-12-20(24)19-11-15(27)5-8-21(19,3)17(16)6-9-22(18,23)4/h11,16-18,20H,5-10,12H2,1-4H3/t16-,17+,18+,20+,21-,22+,23+/m1/s1. The fraction of sp³-hybridized carbons (Fsp3) is 0.783. The van der Waals surface area contributed by atoms with Gasteiger partial charge < -0.3 is 4.74 Å². The Labute approximate surface area is 172 Å². The Kier molecular flexibility index (Phi) is 4.61. The molecule has 0 aromatic rings. The van der Waals surface area contributed by atoms with Gasteiger partial charge in [0.2, 0.25) is 0 Å². The van der Waals surface area contributed by atoms with Gasteiger partial charge in [0.1, 0.15) is 0 Å². The molecule has 3 fully saturated rings. The molecule has 0 bridgehead atoms. The SMILES string of the molecule is CC(=O)O[C@]1(C(C)=O)CC[C@H]2[C@@H]3C[C@H](Cl)C4=CC(=O)CC[C@]4(C)[C@H]3CC[C@@]21C. The van der Waals surface area contributed by atoms with Crippen LogP contribution in [0.2, 0.25) is 0 Å². The van der Waals surface area contributed by atoms with Gasteiger partial charge in [0.25, 0.3) is 0 Å². The van der Waals surface area contributed by atoms with Crippen LogP contribution >= 0.6 is 11.6 Å². The highest BCUT2D eigenvalue weighted by molar-refractivity contribution is 6.23. The predicted octanol–water partition coefficient (Wildman–Crippen LogP) is 4.63. The molecule has 4 nitrogen and oxygen atoms in total. The van der Waals surface area contributed by atoms with Gasteiger partial charge in [-0.05, 0) is 80.3 Å². The van der Waals surface area contributed by atoms with Crippen molar-refractivity contribution in [2.75, 3.05) is 0 Å². The van der Waals surface area contributed by atoms with Crippen molar-refractivity contribution in [3.8, 4) is 0 Å². The van der Waals surface area contributed by atoms with Gasteiger partial charge in [-0.3, -0.25) is 14.4 Å². The van der Waals surface area contributed by atoms with E-state index in [9.17, 15) is 14.4 Å². The second-order valence-electron chi connectivity index (χ2n) is 10.0. The smallest absolute Gasteiger partial charge is 0.303 e. The molecule has 28 heavy (non-hydrogen) atoms. The van der Waals surface area contributed by atoms with Gasteiger partial charge in [0.15, 0.2) is 17.2 Å². The van der Waals surface area contributed by atoms with Crippen molar-refractivity contribution in [1.29, 1.82) is 0 Å². The van der Waals surface area contributed by atoms with Crippen LogP contribution in [0.25, 0.3) is 0 Å². The van der Waals surface area contributed by atoms with E-state index in [2.05, 4.69) is 13.8 Å². The normalized spacial score (nSPS) is 47.5. The second kappa shape index (κ2) is 6.42. The van der Waals surface area contributed by atoms with Crippen LogP contribution in [0.5, 0.6) is 0 Å². The molecule has 0 aromatic heterocycles. The summed E-state index contributed by atoms with van der Waals surface area (Å²) in [6.07, 6.45) is 7.48. The van der Waals surface area contributed by atoms with Gasteiger partial charge in [-0.2, -0.15) is 0 Å². The van der Waals surface area contributed by atoms with Crippen molar-refractivity contribution in [2.24, 2.45) is 28.6 Å². The Morgan fingerprint density at radius 3 is 2.43 bits per heavy atom. The van der Waals surface area contributed by atoms with Crippen LogP contribution in [0.1, 0.15) is 72.6 Å². The van der Waals surface area contributed by atoms with E-state index in [1.165, 1.54) is 6.92 Å². The average molecular weight is 407 g/mol. The van der Waals surface area contributed by atoms with Crippen LogP contribution < -0.4 is 0 Å². The Morgan fingerprint density at radius 2 is 1.79 bits per heavy atom. The average Bonchev–Trinajstić information content (AvgIpc) is 2.90. The second-order valence-corrected chi connectivity index (χ2v) is 10.6. The summed E-state index contributed by atoms with van der Waals surface area (Å²) < 4.78 is 5.81. The molecule has 0 N–H and O–H groups in total. The molecular weight excluding hydrogens is 376 g/mol. The molecule has 0 saturated heterocycles. The van der Waals surface area contributed by atoms with E-state index < -0.39 is 5.60 Å². The molecular formula is C23H31ClO4. The van der Waals surface area contributed by atoms with Gasteiger partial charge in [0.05, 0.1) is 5.38 Å². The van der Waals surface area contributed by atoms with Gasteiger partial charge >= 0.3 is 5.97 Å². The van der Waals surface area contributed by atoms with E-state index in [4.69, 9.17) is 16.3 Å². The summed E-state index contributed by atoms with van der Waals surface area (Å²) in [6, 6.07) is 0. The molecule has 4 aliphatic carbocycles. The third kappa shape index (κ3) is 2.52. The minimum Gasteiger partial charge on any atom is -0.451 e. The number of allylic oxidation sites excluding steroid dienone is 1. The molecule has 154 valence electrons. The molecule has 3 saturated carbocycles. The van der Waals surface area contributed by atoms with Crippen LogP contribution in [0.3, 0.4) is 0 Å². The molecule has 0 unspecified atom stereocenters. The number of fused-ring (bicyclic) bond motifs is 5. The van der Waals surface area contributed by atoms with Crippen LogP contribution in [0.15, 0.2) is 11.6 Å². The lowest BCUT2D eigenvalue weighted by atomic mass is 9.46. The number of esters is 1. The number of ketones is 2. The quantitative estimate of drug-likeness (QED) is 0.495. The van der Waals surface area contributed by atoms with E-state index in [-0.39, 0.29) is 33.7 Å². The molecule has 0 heterocycles. The van der Waals surface area contributed by atoms with Crippen molar-refractivity contribution in [2.45, 2.75) is 83.6 Å². The van der Waals surface area contributed by atoms with Gasteiger partial charge in [0, 0.05) is 18.8 Å². The molecule has 7 atom stereocenters. The van der Waals surface area contributed by atoms with Crippen molar-refractivity contribution in [1.82, 2.24) is 0 Å². The summed E-state index contributed by atoms with van der Waals surface area (Å²) in [4.78, 5) is 36.7. The zero-order valence-electron chi connectivity index (χ0n) is 17.3. The lowest BCUT2D eigenvalue weighted by molar-refractivity contribution is -0.187. The first-order chi connectivity index (χ1) is 13.0. The number of rotatable bonds is 2. The minimum atomic E-state index is -1.00. The molecule has 5 heteroatoms. The lowest BCUT2D eigenvalue weighted by Gasteiger charge is -2.60. The summed E-state index contributed by atoms with van der Waals surface area (Å²) in [6.45, 7) is 7.42. The van der Waals surface area contributed by atoms with Crippen LogP contribution in [-0.2, 0) is 19.1 Å². The molecule has 0 radical (unpaired) electrons. The van der Waals surface area contributed by atoms with E-state index in [1.54, 1.807) is 6.92 Å². The maximum atomic E-state index is 12.8. The first-order valence-electron chi connectivity index (χ1n) is 10.6. The van der Waals surface area contributed by atoms with E-state index >= 15 is 0 Å². The highest BCUT2D eigenvalue weighted by Crippen LogP contribution is 2.68. The number of hydrogen-bond donors (Lipinski definition) is 0. The summed E-state index contributed by atoms with van der Waals surface area (Å²) in [7, 11) is 0. The minimum absolute atomic E-state index is 0.0283. The van der Waals surface area contributed by atoms with Crippen LogP contribution in [-0.4, -0.2) is 28.5 Å². The first kappa shape index (κ1) is 20.1. The summed E-state index contributed by atoms with van der Waals surface area (Å²) in [5.41, 5.74) is -0.251. The van der Waals surface area contributed by atoms with Crippen molar-refractivity contribution < 1.29 is 19.1 Å². The molecule has 0 amide bonds. The predicted molar refractivity (Wildman–Crippen MR) is 107 cm³/mol. The zero-order valence-corrected chi connectivity index (χ0v) is 18.1. The highest BCUT2D eigenvalue weighted by atomic mass is 35.5. The van der Waals surface area contributed by atoms with E-state index in [0.717, 1.165) is 37.7 Å². The first-order valence-corrected chi connectivity index (χ1v) is 11.1. The Bertz CT molecular complexity index is 773. The highest BCUT2D eigenvalue weighted by Gasteiger charge is 2.68. The summed E-state index contributed by atoms with van der Waals surface area (Å²) in [5, 5.41) is -0.126. The number of halogens is 1. The van der Waals surface area contributed by atoms with Crippen LogP contribution in [0.4, 0.5) is 0 Å². The van der Waals surface area contributed by atoms with Gasteiger partial charge in [-0.1, -0.05) is 13.8 Å². The monoisotopic (exact) mass is 406 g/mol.